The molecule has 0 spiro atoms. The van der Waals surface area contributed by atoms with Crippen molar-refractivity contribution in [3.8, 4) is 22.8 Å². The molecule has 0 unspecified atom stereocenters. The van der Waals surface area contributed by atoms with Gasteiger partial charge in [-0.15, -0.1) is 0 Å². The fraction of sp³-hybridized carbons (Fsp3) is 0.267. The normalized spacial score (nSPS) is 11.4. The van der Waals surface area contributed by atoms with E-state index < -0.39 is 0 Å². The van der Waals surface area contributed by atoms with Crippen LogP contribution in [0.25, 0.3) is 44.6 Å². The third-order valence-electron chi connectivity index (χ3n) is 7.18. The van der Waals surface area contributed by atoms with Crippen molar-refractivity contribution in [1.82, 2.24) is 19.9 Å². The molecule has 0 saturated carbocycles. The maximum Gasteiger partial charge on any atom is 0.166 e. The van der Waals surface area contributed by atoms with Crippen LogP contribution in [-0.2, 0) is 25.7 Å². The van der Waals surface area contributed by atoms with Gasteiger partial charge in [0.25, 0.3) is 0 Å². The van der Waals surface area contributed by atoms with Crippen molar-refractivity contribution in [2.24, 2.45) is 0 Å². The smallest absolute Gasteiger partial charge is 0.166 e. The van der Waals surface area contributed by atoms with Gasteiger partial charge in [0.1, 0.15) is 0 Å². The predicted molar refractivity (Wildman–Crippen MR) is 145 cm³/mol. The molecule has 6 heteroatoms. The molecule has 1 aromatic carbocycles. The van der Waals surface area contributed by atoms with Crippen molar-refractivity contribution in [1.29, 1.82) is 0 Å². The summed E-state index contributed by atoms with van der Waals surface area (Å²) in [6.07, 6.45) is 4.98. The SMILES string of the molecule is CCc1c(C=O)[nH]c(-c2ccc3ccc4ccc(-c5[nH]c(C=O)c(CC)c5CC)nc4c3n2)c1CC. The molecule has 182 valence electrons. The van der Waals surface area contributed by atoms with Crippen LogP contribution >= 0.6 is 0 Å². The minimum Gasteiger partial charge on any atom is -0.351 e. The van der Waals surface area contributed by atoms with Crippen LogP contribution < -0.4 is 0 Å². The van der Waals surface area contributed by atoms with Crippen LogP contribution in [0.4, 0.5) is 0 Å². The van der Waals surface area contributed by atoms with E-state index in [1.807, 2.05) is 12.1 Å². The Morgan fingerprint density at radius 2 is 0.944 bits per heavy atom. The molecule has 0 fully saturated rings. The molecule has 0 aliphatic rings. The number of fused-ring (bicyclic) bond motifs is 3. The van der Waals surface area contributed by atoms with E-state index in [0.717, 1.165) is 105 Å². The van der Waals surface area contributed by atoms with Crippen LogP contribution in [0.2, 0.25) is 0 Å². The summed E-state index contributed by atoms with van der Waals surface area (Å²) in [4.78, 5) is 40.1. The summed E-state index contributed by atoms with van der Waals surface area (Å²) in [5, 5.41) is 1.99. The number of aromatic amines is 2. The molecule has 0 saturated heterocycles. The van der Waals surface area contributed by atoms with Gasteiger partial charge in [0, 0.05) is 10.8 Å². The Bertz CT molecular complexity index is 1500. The average Bonchev–Trinajstić information content (AvgIpc) is 3.49. The van der Waals surface area contributed by atoms with E-state index in [1.165, 1.54) is 0 Å². The highest BCUT2D eigenvalue weighted by molar-refractivity contribution is 6.04. The summed E-state index contributed by atoms with van der Waals surface area (Å²) in [6, 6.07) is 12.2. The standard InChI is InChI=1S/C30H30N4O2/c1-5-19-21(7-3)29(33-25(19)15-35)23-13-11-17-9-10-18-12-14-24(32-28(18)27(17)31-23)30-22(8-4)20(6-2)26(16-36)34-30/h9-16,33-34H,5-8H2,1-4H3. The first kappa shape index (κ1) is 23.7. The molecule has 5 aromatic rings. The summed E-state index contributed by atoms with van der Waals surface area (Å²) in [5.74, 6) is 0. The number of carbonyl (C=O) groups is 2. The number of H-pyrrole nitrogens is 2. The molecule has 0 aliphatic carbocycles. The van der Waals surface area contributed by atoms with Gasteiger partial charge in [-0.1, -0.05) is 52.0 Å². The lowest BCUT2D eigenvalue weighted by molar-refractivity contribution is 0.111. The Hall–Kier alpha value is -4.06. The Morgan fingerprint density at radius 3 is 1.28 bits per heavy atom. The van der Waals surface area contributed by atoms with Crippen molar-refractivity contribution >= 4 is 34.4 Å². The summed E-state index contributed by atoms with van der Waals surface area (Å²) < 4.78 is 0. The summed E-state index contributed by atoms with van der Waals surface area (Å²) >= 11 is 0. The second-order valence-corrected chi connectivity index (χ2v) is 8.99. The largest absolute Gasteiger partial charge is 0.351 e. The first-order chi connectivity index (χ1) is 17.6. The monoisotopic (exact) mass is 478 g/mol. The van der Waals surface area contributed by atoms with Gasteiger partial charge in [0.05, 0.1) is 45.2 Å². The number of aromatic nitrogens is 4. The topological polar surface area (TPSA) is 91.5 Å². The zero-order valence-corrected chi connectivity index (χ0v) is 21.2. The summed E-state index contributed by atoms with van der Waals surface area (Å²) in [6.45, 7) is 8.34. The molecular weight excluding hydrogens is 448 g/mol. The molecule has 36 heavy (non-hydrogen) atoms. The van der Waals surface area contributed by atoms with E-state index in [9.17, 15) is 9.59 Å². The number of hydrogen-bond donors (Lipinski definition) is 2. The van der Waals surface area contributed by atoms with Gasteiger partial charge in [-0.25, -0.2) is 9.97 Å². The molecule has 0 radical (unpaired) electrons. The van der Waals surface area contributed by atoms with Crippen LogP contribution in [0.1, 0.15) is 70.9 Å². The van der Waals surface area contributed by atoms with Crippen LogP contribution in [0.15, 0.2) is 36.4 Å². The minimum absolute atomic E-state index is 0.626. The molecule has 0 bridgehead atoms. The van der Waals surface area contributed by atoms with Crippen molar-refractivity contribution in [3.63, 3.8) is 0 Å². The number of aldehydes is 2. The third kappa shape index (κ3) is 3.65. The molecule has 5 rings (SSSR count). The average molecular weight is 479 g/mol. The number of nitrogens with one attached hydrogen (secondary N) is 2. The van der Waals surface area contributed by atoms with E-state index >= 15 is 0 Å². The zero-order chi connectivity index (χ0) is 25.4. The quantitative estimate of drug-likeness (QED) is 0.193. The molecule has 2 N–H and O–H groups in total. The fourth-order valence-corrected chi connectivity index (χ4v) is 5.47. The number of pyridine rings is 2. The number of rotatable bonds is 8. The molecule has 6 nitrogen and oxygen atoms in total. The van der Waals surface area contributed by atoms with Gasteiger partial charge in [-0.2, -0.15) is 0 Å². The molecular formula is C30H30N4O2. The first-order valence-electron chi connectivity index (χ1n) is 12.7. The van der Waals surface area contributed by atoms with Crippen molar-refractivity contribution in [2.45, 2.75) is 53.4 Å². The Kier molecular flexibility index (Phi) is 6.27. The Balaban J connectivity index is 1.74. The summed E-state index contributed by atoms with van der Waals surface area (Å²) in [7, 11) is 0. The minimum atomic E-state index is 0.626. The number of benzene rings is 1. The predicted octanol–water partition coefficient (Wildman–Crippen LogP) is 6.65. The van der Waals surface area contributed by atoms with Gasteiger partial charge in [-0.05, 0) is 60.1 Å². The number of carbonyl (C=O) groups excluding carboxylic acids is 2. The maximum atomic E-state index is 11.7. The molecule has 0 atom stereocenters. The molecule has 0 aliphatic heterocycles. The number of hydrogen-bond acceptors (Lipinski definition) is 4. The number of nitrogens with zero attached hydrogens (tertiary/aromatic N) is 2. The van der Waals surface area contributed by atoms with Crippen LogP contribution in [0.5, 0.6) is 0 Å². The highest BCUT2D eigenvalue weighted by Crippen LogP contribution is 2.33. The van der Waals surface area contributed by atoms with Gasteiger partial charge in [-0.3, -0.25) is 9.59 Å². The Labute approximate surface area is 210 Å². The fourth-order valence-electron chi connectivity index (χ4n) is 5.47. The lowest BCUT2D eigenvalue weighted by Gasteiger charge is -2.09. The van der Waals surface area contributed by atoms with Crippen molar-refractivity contribution in [2.75, 3.05) is 0 Å². The van der Waals surface area contributed by atoms with E-state index in [4.69, 9.17) is 9.97 Å². The van der Waals surface area contributed by atoms with Crippen LogP contribution in [0.3, 0.4) is 0 Å². The third-order valence-corrected chi connectivity index (χ3v) is 7.18. The van der Waals surface area contributed by atoms with Gasteiger partial charge in [0.2, 0.25) is 0 Å². The van der Waals surface area contributed by atoms with Crippen LogP contribution in [0, 0.1) is 0 Å². The zero-order valence-electron chi connectivity index (χ0n) is 21.2. The van der Waals surface area contributed by atoms with Gasteiger partial charge < -0.3 is 9.97 Å². The van der Waals surface area contributed by atoms with E-state index in [0.29, 0.717) is 11.4 Å². The van der Waals surface area contributed by atoms with Crippen molar-refractivity contribution < 1.29 is 9.59 Å². The summed E-state index contributed by atoms with van der Waals surface area (Å²) in [5.41, 5.74) is 10.6. The van der Waals surface area contributed by atoms with Crippen LogP contribution in [-0.4, -0.2) is 32.5 Å². The second kappa shape index (κ2) is 9.53. The lowest BCUT2D eigenvalue weighted by Crippen LogP contribution is -1.95. The van der Waals surface area contributed by atoms with Crippen molar-refractivity contribution in [3.05, 3.63) is 70.0 Å². The molecule has 4 heterocycles. The highest BCUT2D eigenvalue weighted by Gasteiger charge is 2.19. The van der Waals surface area contributed by atoms with E-state index in [1.54, 1.807) is 0 Å². The lowest BCUT2D eigenvalue weighted by atomic mass is 10.0. The molecule has 0 amide bonds. The van der Waals surface area contributed by atoms with E-state index in [2.05, 4.69) is 61.9 Å². The molecule has 4 aromatic heterocycles. The maximum absolute atomic E-state index is 11.7. The van der Waals surface area contributed by atoms with E-state index in [-0.39, 0.29) is 0 Å². The highest BCUT2D eigenvalue weighted by atomic mass is 16.1. The van der Waals surface area contributed by atoms with Gasteiger partial charge >= 0.3 is 0 Å². The first-order valence-corrected chi connectivity index (χ1v) is 12.7. The second-order valence-electron chi connectivity index (χ2n) is 8.99. The van der Waals surface area contributed by atoms with Gasteiger partial charge in [0.15, 0.2) is 12.6 Å². The Morgan fingerprint density at radius 1 is 0.583 bits per heavy atom.